The van der Waals surface area contributed by atoms with Crippen LogP contribution in [0.15, 0.2) is 46.5 Å². The van der Waals surface area contributed by atoms with Gasteiger partial charge in [-0.1, -0.05) is 6.07 Å². The van der Waals surface area contributed by atoms with Crippen molar-refractivity contribution in [3.63, 3.8) is 0 Å². The maximum atomic E-state index is 11.9. The van der Waals surface area contributed by atoms with Crippen LogP contribution in [-0.4, -0.2) is 15.9 Å². The van der Waals surface area contributed by atoms with Gasteiger partial charge in [0.05, 0.1) is 4.88 Å². The quantitative estimate of drug-likeness (QED) is 0.745. The molecule has 0 amide bonds. The Labute approximate surface area is 124 Å². The van der Waals surface area contributed by atoms with Gasteiger partial charge in [-0.05, 0) is 23.6 Å². The Hall–Kier alpha value is -2.67. The highest BCUT2D eigenvalue weighted by atomic mass is 32.1. The average Bonchev–Trinajstić information content (AvgIpc) is 3.16. The van der Waals surface area contributed by atoms with Crippen LogP contribution < -0.4 is 5.73 Å². The van der Waals surface area contributed by atoms with Crippen LogP contribution >= 0.6 is 11.3 Å². The van der Waals surface area contributed by atoms with Gasteiger partial charge in [-0.3, -0.25) is 0 Å². The smallest absolute Gasteiger partial charge is 0.342 e. The number of hydrogen-bond acceptors (Lipinski definition) is 7. The summed E-state index contributed by atoms with van der Waals surface area (Å²) in [6, 6.07) is 7.00. The molecule has 6 nitrogen and oxygen atoms in total. The summed E-state index contributed by atoms with van der Waals surface area (Å²) in [5, 5.41) is 1.93. The Morgan fingerprint density at radius 2 is 2.29 bits per heavy atom. The van der Waals surface area contributed by atoms with Crippen molar-refractivity contribution in [3.05, 3.63) is 53.4 Å². The molecule has 2 N–H and O–H groups in total. The van der Waals surface area contributed by atoms with Crippen molar-refractivity contribution in [2.75, 3.05) is 5.73 Å². The number of carbonyl (C=O) groups excluding carboxylic acids is 1. The molecule has 0 aliphatic heterocycles. The molecule has 0 unspecified atom stereocenters. The number of carbonyl (C=O) groups is 1. The summed E-state index contributed by atoms with van der Waals surface area (Å²) in [5.74, 6) is 0.111. The van der Waals surface area contributed by atoms with Crippen molar-refractivity contribution in [3.8, 4) is 10.8 Å². The van der Waals surface area contributed by atoms with E-state index in [1.807, 2.05) is 17.5 Å². The monoisotopic (exact) mass is 301 g/mol. The van der Waals surface area contributed by atoms with E-state index in [1.54, 1.807) is 12.1 Å². The first-order chi connectivity index (χ1) is 10.2. The van der Waals surface area contributed by atoms with Crippen LogP contribution in [0.4, 0.5) is 5.82 Å². The third-order valence-electron chi connectivity index (χ3n) is 2.69. The highest BCUT2D eigenvalue weighted by Crippen LogP contribution is 2.23. The fourth-order valence-corrected chi connectivity index (χ4v) is 2.35. The zero-order chi connectivity index (χ0) is 14.7. The Kier molecular flexibility index (Phi) is 3.65. The molecule has 0 fully saturated rings. The summed E-state index contributed by atoms with van der Waals surface area (Å²) in [7, 11) is 0. The largest absolute Gasteiger partial charge is 0.455 e. The Morgan fingerprint density at radius 1 is 1.38 bits per heavy atom. The van der Waals surface area contributed by atoms with Gasteiger partial charge in [0, 0.05) is 6.20 Å². The van der Waals surface area contributed by atoms with E-state index in [4.69, 9.17) is 14.9 Å². The minimum absolute atomic E-state index is 0.0159. The van der Waals surface area contributed by atoms with E-state index in [1.165, 1.54) is 23.8 Å². The van der Waals surface area contributed by atoms with Crippen LogP contribution in [0.25, 0.3) is 10.8 Å². The molecule has 106 valence electrons. The molecule has 0 aliphatic carbocycles. The molecule has 0 aliphatic rings. The van der Waals surface area contributed by atoms with Crippen LogP contribution in [0.5, 0.6) is 0 Å². The molecule has 0 saturated carbocycles. The normalized spacial score (nSPS) is 10.5. The molecular formula is C14H11N3O3S. The van der Waals surface area contributed by atoms with Gasteiger partial charge >= 0.3 is 5.97 Å². The summed E-state index contributed by atoms with van der Waals surface area (Å²) in [5.41, 5.74) is 6.39. The predicted molar refractivity (Wildman–Crippen MR) is 77.6 cm³/mol. The number of pyridine rings is 1. The minimum atomic E-state index is -0.540. The number of nitrogens with two attached hydrogens (primary N) is 1. The number of nitrogen functional groups attached to an aromatic ring is 1. The fourth-order valence-electron chi connectivity index (χ4n) is 1.69. The zero-order valence-corrected chi connectivity index (χ0v) is 11.7. The van der Waals surface area contributed by atoms with Gasteiger partial charge in [-0.2, -0.15) is 0 Å². The highest BCUT2D eigenvalue weighted by molar-refractivity contribution is 7.13. The second-order valence-electron chi connectivity index (χ2n) is 4.13. The Bertz CT molecular complexity index is 752. The summed E-state index contributed by atoms with van der Waals surface area (Å²) < 4.78 is 10.5. The topological polar surface area (TPSA) is 91.2 Å². The molecule has 0 atom stereocenters. The van der Waals surface area contributed by atoms with Crippen molar-refractivity contribution in [1.82, 2.24) is 9.97 Å². The van der Waals surface area contributed by atoms with Gasteiger partial charge in [0.1, 0.15) is 29.9 Å². The van der Waals surface area contributed by atoms with E-state index in [2.05, 4.69) is 9.97 Å². The molecule has 3 heterocycles. The van der Waals surface area contributed by atoms with Crippen LogP contribution in [-0.2, 0) is 11.3 Å². The van der Waals surface area contributed by atoms with Crippen LogP contribution in [0.2, 0.25) is 0 Å². The highest BCUT2D eigenvalue weighted by Gasteiger charge is 2.13. The first kappa shape index (κ1) is 13.3. The summed E-state index contributed by atoms with van der Waals surface area (Å²) in [4.78, 5) is 20.9. The van der Waals surface area contributed by atoms with E-state index in [0.717, 1.165) is 4.88 Å². The molecule has 3 aromatic heterocycles. The second-order valence-corrected chi connectivity index (χ2v) is 5.08. The van der Waals surface area contributed by atoms with E-state index in [9.17, 15) is 4.79 Å². The number of thiophene rings is 1. The van der Waals surface area contributed by atoms with Gasteiger partial charge in [0.2, 0.25) is 5.89 Å². The summed E-state index contributed by atoms with van der Waals surface area (Å²) >= 11 is 1.52. The first-order valence-corrected chi connectivity index (χ1v) is 6.98. The Morgan fingerprint density at radius 3 is 3.05 bits per heavy atom. The van der Waals surface area contributed by atoms with E-state index in [0.29, 0.717) is 11.6 Å². The third-order valence-corrected chi connectivity index (χ3v) is 3.55. The lowest BCUT2D eigenvalue weighted by Crippen LogP contribution is -2.09. The van der Waals surface area contributed by atoms with Gasteiger partial charge < -0.3 is 14.9 Å². The number of hydrogen-bond donors (Lipinski definition) is 1. The number of aromatic nitrogens is 2. The van der Waals surface area contributed by atoms with E-state index >= 15 is 0 Å². The fraction of sp³-hybridized carbons (Fsp3) is 0.0714. The number of nitrogens with zero attached hydrogens (tertiary/aromatic N) is 2. The summed E-state index contributed by atoms with van der Waals surface area (Å²) in [6.07, 6.45) is 2.98. The van der Waals surface area contributed by atoms with Gasteiger partial charge in [0.25, 0.3) is 0 Å². The van der Waals surface area contributed by atoms with Gasteiger partial charge in [0.15, 0.2) is 0 Å². The molecule has 0 saturated heterocycles. The number of esters is 1. The number of anilines is 1. The van der Waals surface area contributed by atoms with Crippen molar-refractivity contribution in [1.29, 1.82) is 0 Å². The standard InChI is InChI=1S/C14H11N3O3S/c15-12-10(3-1-5-16-12)14(18)20-8-9-7-19-13(17-9)11-4-2-6-21-11/h1-7H,8H2,(H2,15,16). The van der Waals surface area contributed by atoms with Crippen LogP contribution in [0.1, 0.15) is 16.1 Å². The average molecular weight is 301 g/mol. The SMILES string of the molecule is Nc1ncccc1C(=O)OCc1coc(-c2cccs2)n1. The predicted octanol–water partition coefficient (Wildman–Crippen LogP) is 2.74. The van der Waals surface area contributed by atoms with Crippen molar-refractivity contribution in [2.24, 2.45) is 0 Å². The molecule has 3 aromatic rings. The van der Waals surface area contributed by atoms with E-state index in [-0.39, 0.29) is 18.0 Å². The maximum absolute atomic E-state index is 11.9. The molecule has 21 heavy (non-hydrogen) atoms. The molecule has 0 radical (unpaired) electrons. The van der Waals surface area contributed by atoms with Crippen LogP contribution in [0, 0.1) is 0 Å². The zero-order valence-electron chi connectivity index (χ0n) is 10.9. The molecular weight excluding hydrogens is 290 g/mol. The lowest BCUT2D eigenvalue weighted by atomic mass is 10.2. The molecule has 7 heteroatoms. The first-order valence-electron chi connectivity index (χ1n) is 6.10. The lowest BCUT2D eigenvalue weighted by Gasteiger charge is -2.03. The maximum Gasteiger partial charge on any atom is 0.342 e. The second kappa shape index (κ2) is 5.76. The van der Waals surface area contributed by atoms with Crippen molar-refractivity contribution in [2.45, 2.75) is 6.61 Å². The molecule has 3 rings (SSSR count). The number of oxazole rings is 1. The van der Waals surface area contributed by atoms with Crippen molar-refractivity contribution >= 4 is 23.1 Å². The third kappa shape index (κ3) is 2.92. The molecule has 0 bridgehead atoms. The van der Waals surface area contributed by atoms with Gasteiger partial charge in [-0.25, -0.2) is 14.8 Å². The molecule has 0 aromatic carbocycles. The van der Waals surface area contributed by atoms with Crippen molar-refractivity contribution < 1.29 is 13.9 Å². The Balaban J connectivity index is 1.66. The van der Waals surface area contributed by atoms with Gasteiger partial charge in [-0.15, -0.1) is 11.3 Å². The van der Waals surface area contributed by atoms with E-state index < -0.39 is 5.97 Å². The number of rotatable bonds is 4. The summed E-state index contributed by atoms with van der Waals surface area (Å²) in [6.45, 7) is 0.0159. The number of ether oxygens (including phenoxy) is 1. The lowest BCUT2D eigenvalue weighted by molar-refractivity contribution is 0.0468. The van der Waals surface area contributed by atoms with Crippen LogP contribution in [0.3, 0.4) is 0 Å². The minimum Gasteiger partial charge on any atom is -0.455 e. The molecule has 0 spiro atoms.